The van der Waals surface area contributed by atoms with E-state index in [1.807, 2.05) is 0 Å². The van der Waals surface area contributed by atoms with Crippen LogP contribution >= 0.6 is 0 Å². The van der Waals surface area contributed by atoms with E-state index in [-0.39, 0.29) is 24.5 Å². The van der Waals surface area contributed by atoms with Crippen LogP contribution in [0, 0.1) is 0 Å². The summed E-state index contributed by atoms with van der Waals surface area (Å²) in [5.74, 6) is -0.441. The lowest BCUT2D eigenvalue weighted by atomic mass is 10.1. The fourth-order valence-electron chi connectivity index (χ4n) is 2.60. The Morgan fingerprint density at radius 3 is 2.58 bits per heavy atom. The van der Waals surface area contributed by atoms with Crippen LogP contribution in [0.1, 0.15) is 25.3 Å². The normalized spacial score (nSPS) is 15.5. The number of carbonyl (C=O) groups is 2. The molecule has 2 rings (SSSR count). The number of hydrogen-bond acceptors (Lipinski definition) is 4. The maximum atomic E-state index is 12.6. The molecule has 0 spiro atoms. The Bertz CT molecular complexity index is 629. The summed E-state index contributed by atoms with van der Waals surface area (Å²) in [7, 11) is 0. The second-order valence-electron chi connectivity index (χ2n) is 5.84. The smallest absolute Gasteiger partial charge is 0.416 e. The fraction of sp³-hybridized carbons (Fsp3) is 0.529. The first-order chi connectivity index (χ1) is 12.3. The Kier molecular flexibility index (Phi) is 6.70. The van der Waals surface area contributed by atoms with Crippen molar-refractivity contribution < 1.29 is 32.2 Å². The van der Waals surface area contributed by atoms with E-state index in [1.54, 1.807) is 11.8 Å². The van der Waals surface area contributed by atoms with Crippen LogP contribution in [0.25, 0.3) is 0 Å². The average molecular weight is 374 g/mol. The van der Waals surface area contributed by atoms with Gasteiger partial charge in [0.25, 0.3) is 5.91 Å². The van der Waals surface area contributed by atoms with Crippen molar-refractivity contribution >= 4 is 12.0 Å². The lowest BCUT2D eigenvalue weighted by Crippen LogP contribution is -2.47. The quantitative estimate of drug-likeness (QED) is 0.861. The van der Waals surface area contributed by atoms with Crippen LogP contribution < -0.4 is 10.1 Å². The summed E-state index contributed by atoms with van der Waals surface area (Å²) in [6.07, 6.45) is -3.68. The van der Waals surface area contributed by atoms with Crippen molar-refractivity contribution in [3.05, 3.63) is 29.8 Å². The molecule has 26 heavy (non-hydrogen) atoms. The van der Waals surface area contributed by atoms with Gasteiger partial charge in [-0.2, -0.15) is 13.2 Å². The van der Waals surface area contributed by atoms with Crippen LogP contribution in [0.15, 0.2) is 24.3 Å². The van der Waals surface area contributed by atoms with Gasteiger partial charge >= 0.3 is 12.3 Å². The van der Waals surface area contributed by atoms with Crippen molar-refractivity contribution in [2.24, 2.45) is 0 Å². The standard InChI is InChI=1S/C17H21F3N2O4/c1-2-25-16(24)22-8-6-13(7-9-22)21-15(23)11-26-14-5-3-4-12(10-14)17(18,19)20/h3-5,10,13H,2,6-9,11H2,1H3,(H,21,23). The molecule has 1 N–H and O–H groups in total. The minimum Gasteiger partial charge on any atom is -0.484 e. The van der Waals surface area contributed by atoms with Crippen molar-refractivity contribution in [2.45, 2.75) is 32.0 Å². The van der Waals surface area contributed by atoms with E-state index in [4.69, 9.17) is 9.47 Å². The Hall–Kier alpha value is -2.45. The summed E-state index contributed by atoms with van der Waals surface area (Å²) in [6, 6.07) is 4.26. The molecule has 6 nitrogen and oxygen atoms in total. The third-order valence-electron chi connectivity index (χ3n) is 3.92. The number of piperidine rings is 1. The molecular formula is C17H21F3N2O4. The van der Waals surface area contributed by atoms with E-state index in [9.17, 15) is 22.8 Å². The van der Waals surface area contributed by atoms with Gasteiger partial charge in [0, 0.05) is 19.1 Å². The van der Waals surface area contributed by atoms with E-state index in [0.717, 1.165) is 12.1 Å². The minimum absolute atomic E-state index is 0.0212. The summed E-state index contributed by atoms with van der Waals surface area (Å²) in [5.41, 5.74) is -0.832. The van der Waals surface area contributed by atoms with Gasteiger partial charge in [0.1, 0.15) is 5.75 Å². The molecular weight excluding hydrogens is 353 g/mol. The molecule has 1 aromatic rings. The van der Waals surface area contributed by atoms with Crippen LogP contribution in [-0.2, 0) is 15.7 Å². The first-order valence-electron chi connectivity index (χ1n) is 8.30. The second kappa shape index (κ2) is 8.77. The predicted octanol–water partition coefficient (Wildman–Crippen LogP) is 2.82. The zero-order valence-electron chi connectivity index (χ0n) is 14.3. The molecule has 1 aromatic carbocycles. The molecule has 1 aliphatic rings. The topological polar surface area (TPSA) is 67.9 Å². The number of ether oxygens (including phenoxy) is 2. The Morgan fingerprint density at radius 1 is 1.27 bits per heavy atom. The van der Waals surface area contributed by atoms with Gasteiger partial charge in [-0.3, -0.25) is 4.79 Å². The van der Waals surface area contributed by atoms with Gasteiger partial charge in [-0.25, -0.2) is 4.79 Å². The van der Waals surface area contributed by atoms with Gasteiger partial charge < -0.3 is 19.7 Å². The number of nitrogens with one attached hydrogen (secondary N) is 1. The largest absolute Gasteiger partial charge is 0.484 e. The monoisotopic (exact) mass is 374 g/mol. The van der Waals surface area contributed by atoms with Gasteiger partial charge in [-0.05, 0) is 38.0 Å². The molecule has 1 fully saturated rings. The van der Waals surface area contributed by atoms with E-state index >= 15 is 0 Å². The summed E-state index contributed by atoms with van der Waals surface area (Å²) < 4.78 is 48.0. The lowest BCUT2D eigenvalue weighted by molar-refractivity contribution is -0.137. The van der Waals surface area contributed by atoms with E-state index in [0.29, 0.717) is 32.5 Å². The van der Waals surface area contributed by atoms with Gasteiger partial charge in [-0.15, -0.1) is 0 Å². The highest BCUT2D eigenvalue weighted by molar-refractivity contribution is 5.78. The molecule has 0 unspecified atom stereocenters. The third kappa shape index (κ3) is 5.82. The molecule has 0 saturated carbocycles. The first-order valence-corrected chi connectivity index (χ1v) is 8.30. The van der Waals surface area contributed by atoms with Gasteiger partial charge in [-0.1, -0.05) is 6.07 Å². The average Bonchev–Trinajstić information content (AvgIpc) is 2.60. The molecule has 0 bridgehead atoms. The Morgan fingerprint density at radius 2 is 1.96 bits per heavy atom. The number of halogens is 3. The summed E-state index contributed by atoms with van der Waals surface area (Å²) >= 11 is 0. The zero-order valence-corrected chi connectivity index (χ0v) is 14.3. The van der Waals surface area contributed by atoms with Crippen LogP contribution in [-0.4, -0.2) is 49.2 Å². The number of alkyl halides is 3. The van der Waals surface area contributed by atoms with Crippen LogP contribution in [0.2, 0.25) is 0 Å². The van der Waals surface area contributed by atoms with E-state index < -0.39 is 17.6 Å². The van der Waals surface area contributed by atoms with Crippen LogP contribution in [0.3, 0.4) is 0 Å². The molecule has 1 saturated heterocycles. The molecule has 144 valence electrons. The van der Waals surface area contributed by atoms with Gasteiger partial charge in [0.2, 0.25) is 0 Å². The molecule has 1 heterocycles. The number of benzene rings is 1. The number of carbonyl (C=O) groups excluding carboxylic acids is 2. The van der Waals surface area contributed by atoms with Crippen molar-refractivity contribution in [3.8, 4) is 5.75 Å². The van der Waals surface area contributed by atoms with Crippen molar-refractivity contribution in [2.75, 3.05) is 26.3 Å². The molecule has 2 amide bonds. The summed E-state index contributed by atoms with van der Waals surface area (Å²) in [4.78, 5) is 25.1. The summed E-state index contributed by atoms with van der Waals surface area (Å²) in [6.45, 7) is 2.60. The fourth-order valence-corrected chi connectivity index (χ4v) is 2.60. The third-order valence-corrected chi connectivity index (χ3v) is 3.92. The minimum atomic E-state index is -4.46. The highest BCUT2D eigenvalue weighted by Crippen LogP contribution is 2.31. The Balaban J connectivity index is 1.76. The lowest BCUT2D eigenvalue weighted by Gasteiger charge is -2.31. The van der Waals surface area contributed by atoms with Crippen molar-refractivity contribution in [1.82, 2.24) is 10.2 Å². The highest BCUT2D eigenvalue weighted by atomic mass is 19.4. The Labute approximate surface area is 149 Å². The summed E-state index contributed by atoms with van der Waals surface area (Å²) in [5, 5.41) is 2.76. The molecule has 0 atom stereocenters. The van der Waals surface area contributed by atoms with Crippen molar-refractivity contribution in [3.63, 3.8) is 0 Å². The predicted molar refractivity (Wildman–Crippen MR) is 86.7 cm³/mol. The number of rotatable bonds is 5. The van der Waals surface area contributed by atoms with Gasteiger partial charge in [0.15, 0.2) is 6.61 Å². The van der Waals surface area contributed by atoms with E-state index in [2.05, 4.69) is 5.32 Å². The molecule has 9 heteroatoms. The molecule has 0 aromatic heterocycles. The number of likely N-dealkylation sites (tertiary alicyclic amines) is 1. The number of nitrogens with zero attached hydrogens (tertiary/aromatic N) is 1. The van der Waals surface area contributed by atoms with Crippen LogP contribution in [0.4, 0.5) is 18.0 Å². The number of hydrogen-bond donors (Lipinski definition) is 1. The van der Waals surface area contributed by atoms with Crippen LogP contribution in [0.5, 0.6) is 5.75 Å². The second-order valence-corrected chi connectivity index (χ2v) is 5.84. The molecule has 0 aliphatic carbocycles. The molecule has 0 radical (unpaired) electrons. The van der Waals surface area contributed by atoms with Gasteiger partial charge in [0.05, 0.1) is 12.2 Å². The number of amides is 2. The van der Waals surface area contributed by atoms with E-state index in [1.165, 1.54) is 12.1 Å². The first kappa shape index (κ1) is 19.9. The SMILES string of the molecule is CCOC(=O)N1CCC(NC(=O)COc2cccc(C(F)(F)F)c2)CC1. The maximum absolute atomic E-state index is 12.6. The highest BCUT2D eigenvalue weighted by Gasteiger charge is 2.30. The molecule has 1 aliphatic heterocycles. The maximum Gasteiger partial charge on any atom is 0.416 e. The van der Waals surface area contributed by atoms with Crippen molar-refractivity contribution in [1.29, 1.82) is 0 Å². The zero-order chi connectivity index (χ0) is 19.2.